The first-order valence-corrected chi connectivity index (χ1v) is 36.9. The van der Waals surface area contributed by atoms with Crippen LogP contribution in [-0.2, 0) is 46.3 Å². The second-order valence-corrected chi connectivity index (χ2v) is 25.3. The lowest BCUT2D eigenvalue weighted by Gasteiger charge is -2.15. The Morgan fingerprint density at radius 2 is 0.598 bits per heavy atom. The number of allylic oxidation sites excluding steroid dienone is 12. The molecule has 0 bridgehead atoms. The normalized spacial score (nSPS) is 14.3. The highest BCUT2D eigenvalue weighted by atomic mass is 31.2. The standard InChI is InChI=1S/C23H41O7P.C21H41O7P.C19H39O7P/c1-2-3-4-5-6-7-8-9-10-11-12-13-14-15-16-17-18-19-23(25)29-20-22(24)21-30-31(26,27)28;1-2-3-4-5-6-7-8-9-10-11-12-13-14-15-16-17-21(23)27-18-20(22)19-28-29(24,25)26;1-2-3-4-5-6-7-8-9-10-11-12-13-14-15-19(21)25-16-18(20)17-26-27(22,23)24/h6-7,9-10,12-13,15-16,22-25H,2-5,8,11,14,17-21H2,1H3,(H2,26,27,28);6-7,9-10,20-23H,2-5,8,11-19H2,1H3,(H2,24,25,26);18,20H,2-17H2,1H3,(H2,22,23,24)/b7-6-,10-9-,13-12-,16-15-;7-6-,10-9-;/t22-,23?;20-,21?;18-/m111/s1. The van der Waals surface area contributed by atoms with E-state index in [0.29, 0.717) is 19.3 Å². The third kappa shape index (κ3) is 84.0. The molecule has 514 valence electrons. The molecule has 0 aliphatic rings. The van der Waals surface area contributed by atoms with E-state index in [0.717, 1.165) is 89.9 Å². The summed E-state index contributed by atoms with van der Waals surface area (Å²) in [6.45, 7) is 4.19. The average Bonchev–Trinajstić information content (AvgIpc) is 3.52. The molecular weight excluding hydrogens is 1190 g/mol. The van der Waals surface area contributed by atoms with Crippen molar-refractivity contribution in [2.45, 2.75) is 283 Å². The number of hydrogen-bond donors (Lipinski definition) is 11. The first kappa shape index (κ1) is 89.2. The van der Waals surface area contributed by atoms with Gasteiger partial charge in [0.1, 0.15) is 24.9 Å². The summed E-state index contributed by atoms with van der Waals surface area (Å²) >= 11 is 0. The molecule has 0 saturated carbocycles. The van der Waals surface area contributed by atoms with Gasteiger partial charge in [-0.1, -0.05) is 216 Å². The van der Waals surface area contributed by atoms with Crippen LogP contribution in [0.2, 0.25) is 0 Å². The van der Waals surface area contributed by atoms with E-state index in [2.05, 4.69) is 107 Å². The maximum absolute atomic E-state index is 11.5. The highest BCUT2D eigenvalue weighted by molar-refractivity contribution is 7.46. The number of aliphatic hydroxyl groups is 5. The van der Waals surface area contributed by atoms with Gasteiger partial charge in [-0.25, -0.2) is 13.7 Å². The van der Waals surface area contributed by atoms with Crippen molar-refractivity contribution in [3.05, 3.63) is 72.9 Å². The lowest BCUT2D eigenvalue weighted by molar-refractivity contribution is -0.147. The van der Waals surface area contributed by atoms with Gasteiger partial charge in [-0.15, -0.1) is 0 Å². The summed E-state index contributed by atoms with van der Waals surface area (Å²) in [5, 5.41) is 47.7. The number of unbranched alkanes of at least 4 members (excludes halogenated alkanes) is 24. The molecule has 0 spiro atoms. The number of phosphoric acid groups is 3. The van der Waals surface area contributed by atoms with Crippen molar-refractivity contribution in [3.8, 4) is 0 Å². The van der Waals surface area contributed by atoms with E-state index >= 15 is 0 Å². The third-order valence-electron chi connectivity index (χ3n) is 12.9. The molecule has 0 fully saturated rings. The van der Waals surface area contributed by atoms with Gasteiger partial charge in [0.25, 0.3) is 0 Å². The predicted molar refractivity (Wildman–Crippen MR) is 345 cm³/mol. The summed E-state index contributed by atoms with van der Waals surface area (Å²) in [5.41, 5.74) is 0. The van der Waals surface area contributed by atoms with Crippen LogP contribution in [0.3, 0.4) is 0 Å². The Morgan fingerprint density at radius 3 is 0.954 bits per heavy atom. The second-order valence-electron chi connectivity index (χ2n) is 21.6. The lowest BCUT2D eigenvalue weighted by atomic mass is 10.0. The smallest absolute Gasteiger partial charge is 0.463 e. The van der Waals surface area contributed by atoms with E-state index in [4.69, 9.17) is 43.6 Å². The van der Waals surface area contributed by atoms with Crippen LogP contribution in [0.1, 0.15) is 252 Å². The number of ether oxygens (including phenoxy) is 3. The molecular formula is C63H121O21P3. The molecule has 5 atom stereocenters. The fraction of sp³-hybridized carbons (Fsp3) is 0.794. The molecule has 24 heteroatoms. The Morgan fingerprint density at radius 1 is 0.333 bits per heavy atom. The average molecular weight is 1310 g/mol. The van der Waals surface area contributed by atoms with Crippen LogP contribution in [-0.4, -0.2) is 131 Å². The minimum Gasteiger partial charge on any atom is -0.463 e. The summed E-state index contributed by atoms with van der Waals surface area (Å²) in [7, 11) is -13.8. The number of carbonyl (C=O) groups is 1. The van der Waals surface area contributed by atoms with Gasteiger partial charge < -0.3 is 69.1 Å². The summed E-state index contributed by atoms with van der Waals surface area (Å²) in [4.78, 5) is 62.6. The molecule has 0 aromatic carbocycles. The van der Waals surface area contributed by atoms with Crippen molar-refractivity contribution in [3.63, 3.8) is 0 Å². The second kappa shape index (κ2) is 65.5. The minimum atomic E-state index is -4.61. The summed E-state index contributed by atoms with van der Waals surface area (Å²) < 4.78 is 58.9. The molecule has 0 rings (SSSR count). The van der Waals surface area contributed by atoms with Crippen LogP contribution in [0, 0.1) is 0 Å². The van der Waals surface area contributed by atoms with Crippen LogP contribution < -0.4 is 0 Å². The molecule has 0 aliphatic carbocycles. The summed E-state index contributed by atoms with van der Waals surface area (Å²) in [5.74, 6) is -0.409. The monoisotopic (exact) mass is 1310 g/mol. The number of esters is 1. The predicted octanol–water partition coefficient (Wildman–Crippen LogP) is 14.0. The van der Waals surface area contributed by atoms with Crippen LogP contribution in [0.25, 0.3) is 0 Å². The topological polar surface area (TPSA) is 346 Å². The van der Waals surface area contributed by atoms with Crippen LogP contribution >= 0.6 is 23.5 Å². The molecule has 0 aromatic rings. The molecule has 0 aliphatic heterocycles. The zero-order valence-electron chi connectivity index (χ0n) is 53.4. The van der Waals surface area contributed by atoms with Gasteiger partial charge in [0.15, 0.2) is 12.6 Å². The third-order valence-corrected chi connectivity index (χ3v) is 14.3. The zero-order chi connectivity index (χ0) is 65.4. The van der Waals surface area contributed by atoms with Crippen molar-refractivity contribution >= 4 is 29.4 Å². The van der Waals surface area contributed by atoms with E-state index < -0.39 is 80.1 Å². The Labute approximate surface area is 523 Å². The van der Waals surface area contributed by atoms with Crippen LogP contribution in [0.4, 0.5) is 0 Å². The largest absolute Gasteiger partial charge is 0.469 e. The van der Waals surface area contributed by atoms with Crippen LogP contribution in [0.15, 0.2) is 72.9 Å². The summed E-state index contributed by atoms with van der Waals surface area (Å²) in [6.07, 6.45) is 59.6. The van der Waals surface area contributed by atoms with Gasteiger partial charge in [-0.2, -0.15) is 0 Å². The van der Waals surface area contributed by atoms with Crippen molar-refractivity contribution in [1.29, 1.82) is 0 Å². The molecule has 0 amide bonds. The molecule has 0 heterocycles. The highest BCUT2D eigenvalue weighted by Gasteiger charge is 2.20. The van der Waals surface area contributed by atoms with Gasteiger partial charge in [0.2, 0.25) is 0 Å². The van der Waals surface area contributed by atoms with E-state index in [-0.39, 0.29) is 19.8 Å². The molecule has 21 nitrogen and oxygen atoms in total. The van der Waals surface area contributed by atoms with E-state index in [9.17, 15) is 44.0 Å². The quantitative estimate of drug-likeness (QED) is 0.00886. The molecule has 2 unspecified atom stereocenters. The van der Waals surface area contributed by atoms with Crippen molar-refractivity contribution < 1.29 is 101 Å². The number of carbonyl (C=O) groups excluding carboxylic acids is 1. The maximum Gasteiger partial charge on any atom is 0.469 e. The molecule has 0 saturated heterocycles. The molecule has 0 radical (unpaired) electrons. The zero-order valence-corrected chi connectivity index (χ0v) is 56.0. The van der Waals surface area contributed by atoms with E-state index in [1.807, 2.05) is 0 Å². The Hall–Kier alpha value is -2.04. The van der Waals surface area contributed by atoms with Crippen molar-refractivity contribution in [2.24, 2.45) is 0 Å². The van der Waals surface area contributed by atoms with Crippen molar-refractivity contribution in [1.82, 2.24) is 0 Å². The number of rotatable bonds is 59. The fourth-order valence-corrected chi connectivity index (χ4v) is 9.05. The molecule has 0 aromatic heterocycles. The van der Waals surface area contributed by atoms with Gasteiger partial charge in [-0.05, 0) is 103 Å². The fourth-order valence-electron chi connectivity index (χ4n) is 7.95. The number of phosphoric ester groups is 3. The number of aliphatic hydroxyl groups excluding tert-OH is 5. The Kier molecular flexibility index (Phi) is 67.1. The minimum absolute atomic E-state index is 0.235. The summed E-state index contributed by atoms with van der Waals surface area (Å²) in [6, 6.07) is 0. The lowest BCUT2D eigenvalue weighted by Crippen LogP contribution is -2.25. The van der Waals surface area contributed by atoms with Crippen molar-refractivity contribution in [2.75, 3.05) is 39.6 Å². The number of hydrogen-bond acceptors (Lipinski definition) is 15. The van der Waals surface area contributed by atoms with Crippen LogP contribution in [0.5, 0.6) is 0 Å². The Bertz CT molecular complexity index is 1830. The SMILES string of the molecule is CCCCC/C=C\C/C=C\C/C=C\C/C=C\CCCC(O)OC[C@@H](O)COP(=O)(O)O.CCCCC/C=C\C/C=C\CCCCCCCC(O)OC[C@@H](O)COP(=O)(O)O.CCCCCCCCCCCCCCCC(=O)OC[C@@H](O)COP(=O)(O)O. The molecule has 87 heavy (non-hydrogen) atoms. The van der Waals surface area contributed by atoms with E-state index in [1.54, 1.807) is 0 Å². The Balaban J connectivity index is -0.00000122. The van der Waals surface area contributed by atoms with Gasteiger partial charge >= 0.3 is 29.4 Å². The van der Waals surface area contributed by atoms with Gasteiger partial charge in [0.05, 0.1) is 33.0 Å². The van der Waals surface area contributed by atoms with Gasteiger partial charge in [-0.3, -0.25) is 18.4 Å². The highest BCUT2D eigenvalue weighted by Crippen LogP contribution is 2.37. The van der Waals surface area contributed by atoms with Gasteiger partial charge in [0, 0.05) is 6.42 Å². The first-order valence-electron chi connectivity index (χ1n) is 32.3. The first-order chi connectivity index (χ1) is 41.5. The molecule has 11 N–H and O–H groups in total. The maximum atomic E-state index is 11.5. The van der Waals surface area contributed by atoms with E-state index in [1.165, 1.54) is 122 Å².